The van der Waals surface area contributed by atoms with Crippen LogP contribution in [-0.4, -0.2) is 18.6 Å². The fourth-order valence-corrected chi connectivity index (χ4v) is 2.30. The van der Waals surface area contributed by atoms with Gasteiger partial charge in [-0.2, -0.15) is 13.2 Å². The standard InChI is InChI=1S/C12H12BrClF3NO/c13-9-5-8(6-10(14)7-9)11(19)18-4-2-1-3-12(15,16)17/h5-7H,1-4H2,(H,18,19). The van der Waals surface area contributed by atoms with E-state index in [0.717, 1.165) is 0 Å². The Labute approximate surface area is 122 Å². The predicted octanol–water partition coefficient (Wildman–Crippen LogP) is 4.56. The Morgan fingerprint density at radius 1 is 1.26 bits per heavy atom. The second-order valence-electron chi connectivity index (χ2n) is 3.99. The Balaban J connectivity index is 2.35. The van der Waals surface area contributed by atoms with Crippen molar-refractivity contribution in [3.63, 3.8) is 0 Å². The molecular formula is C12H12BrClF3NO. The zero-order chi connectivity index (χ0) is 14.5. The number of amides is 1. The van der Waals surface area contributed by atoms with E-state index < -0.39 is 12.6 Å². The van der Waals surface area contributed by atoms with Crippen molar-refractivity contribution in [1.29, 1.82) is 0 Å². The van der Waals surface area contributed by atoms with Crippen LogP contribution in [0.3, 0.4) is 0 Å². The van der Waals surface area contributed by atoms with Crippen molar-refractivity contribution in [2.45, 2.75) is 25.4 Å². The van der Waals surface area contributed by atoms with Crippen molar-refractivity contribution >= 4 is 33.4 Å². The summed E-state index contributed by atoms with van der Waals surface area (Å²) in [7, 11) is 0. The van der Waals surface area contributed by atoms with Crippen molar-refractivity contribution in [1.82, 2.24) is 5.32 Å². The molecule has 0 atom stereocenters. The summed E-state index contributed by atoms with van der Waals surface area (Å²) in [4.78, 5) is 11.7. The van der Waals surface area contributed by atoms with Gasteiger partial charge in [-0.1, -0.05) is 27.5 Å². The molecule has 19 heavy (non-hydrogen) atoms. The molecule has 0 unspecified atom stereocenters. The predicted molar refractivity (Wildman–Crippen MR) is 71.4 cm³/mol. The molecule has 0 aliphatic rings. The molecule has 1 N–H and O–H groups in total. The van der Waals surface area contributed by atoms with E-state index in [1.54, 1.807) is 12.1 Å². The minimum absolute atomic E-state index is 0.00300. The van der Waals surface area contributed by atoms with Gasteiger partial charge in [0.05, 0.1) is 0 Å². The van der Waals surface area contributed by atoms with Crippen LogP contribution in [0.25, 0.3) is 0 Å². The van der Waals surface area contributed by atoms with Crippen LogP contribution in [0.2, 0.25) is 5.02 Å². The molecule has 0 fully saturated rings. The normalized spacial score (nSPS) is 11.4. The third kappa shape index (κ3) is 6.82. The summed E-state index contributed by atoms with van der Waals surface area (Å²) in [6.45, 7) is 0.207. The van der Waals surface area contributed by atoms with Gasteiger partial charge in [0.15, 0.2) is 0 Å². The lowest BCUT2D eigenvalue weighted by molar-refractivity contribution is -0.135. The molecule has 0 radical (unpaired) electrons. The molecule has 0 spiro atoms. The number of unbranched alkanes of at least 4 members (excludes halogenated alkanes) is 1. The lowest BCUT2D eigenvalue weighted by atomic mass is 10.2. The summed E-state index contributed by atoms with van der Waals surface area (Å²) in [5.74, 6) is -0.352. The number of hydrogen-bond donors (Lipinski definition) is 1. The molecule has 0 aliphatic heterocycles. The van der Waals surface area contributed by atoms with E-state index in [0.29, 0.717) is 15.1 Å². The molecule has 1 aromatic rings. The number of hydrogen-bond acceptors (Lipinski definition) is 1. The quantitative estimate of drug-likeness (QED) is 0.768. The lowest BCUT2D eigenvalue weighted by Gasteiger charge is -2.07. The average Bonchev–Trinajstić information content (AvgIpc) is 2.25. The fourth-order valence-electron chi connectivity index (χ4n) is 1.44. The minimum atomic E-state index is -4.14. The SMILES string of the molecule is O=C(NCCCCC(F)(F)F)c1cc(Cl)cc(Br)c1. The number of carbonyl (C=O) groups is 1. The number of alkyl halides is 3. The topological polar surface area (TPSA) is 29.1 Å². The van der Waals surface area contributed by atoms with Crippen LogP contribution in [0.4, 0.5) is 13.2 Å². The van der Waals surface area contributed by atoms with Gasteiger partial charge in [0.25, 0.3) is 5.91 Å². The van der Waals surface area contributed by atoms with Crippen LogP contribution < -0.4 is 5.32 Å². The summed E-state index contributed by atoms with van der Waals surface area (Å²) >= 11 is 9.00. The van der Waals surface area contributed by atoms with Crippen molar-refractivity contribution in [2.24, 2.45) is 0 Å². The Morgan fingerprint density at radius 2 is 1.95 bits per heavy atom. The number of rotatable bonds is 5. The van der Waals surface area contributed by atoms with E-state index in [-0.39, 0.29) is 25.3 Å². The summed E-state index contributed by atoms with van der Waals surface area (Å²) in [5.41, 5.74) is 0.371. The Kier molecular flexibility index (Phi) is 6.13. The zero-order valence-electron chi connectivity index (χ0n) is 9.86. The molecule has 0 saturated carbocycles. The van der Waals surface area contributed by atoms with Crippen LogP contribution in [-0.2, 0) is 0 Å². The highest BCUT2D eigenvalue weighted by molar-refractivity contribution is 9.10. The molecule has 7 heteroatoms. The second-order valence-corrected chi connectivity index (χ2v) is 5.34. The first-order valence-electron chi connectivity index (χ1n) is 5.59. The maximum Gasteiger partial charge on any atom is 0.389 e. The van der Waals surface area contributed by atoms with E-state index in [9.17, 15) is 18.0 Å². The highest BCUT2D eigenvalue weighted by Crippen LogP contribution is 2.22. The second kappa shape index (κ2) is 7.14. The van der Waals surface area contributed by atoms with E-state index in [1.807, 2.05) is 0 Å². The first kappa shape index (κ1) is 16.3. The third-order valence-electron chi connectivity index (χ3n) is 2.30. The van der Waals surface area contributed by atoms with E-state index in [1.165, 1.54) is 6.07 Å². The number of halogens is 5. The third-order valence-corrected chi connectivity index (χ3v) is 2.97. The maximum atomic E-state index is 11.9. The van der Waals surface area contributed by atoms with Crippen molar-refractivity contribution in [3.8, 4) is 0 Å². The highest BCUT2D eigenvalue weighted by atomic mass is 79.9. The molecule has 1 amide bonds. The van der Waals surface area contributed by atoms with Crippen LogP contribution >= 0.6 is 27.5 Å². The van der Waals surface area contributed by atoms with Crippen molar-refractivity contribution in [2.75, 3.05) is 6.54 Å². The highest BCUT2D eigenvalue weighted by Gasteiger charge is 2.25. The molecule has 0 saturated heterocycles. The number of carbonyl (C=O) groups excluding carboxylic acids is 1. The van der Waals surface area contributed by atoms with Gasteiger partial charge in [0.2, 0.25) is 0 Å². The number of benzene rings is 1. The van der Waals surface area contributed by atoms with Crippen LogP contribution in [0, 0.1) is 0 Å². The monoisotopic (exact) mass is 357 g/mol. The zero-order valence-corrected chi connectivity index (χ0v) is 12.2. The fraction of sp³-hybridized carbons (Fsp3) is 0.417. The van der Waals surface area contributed by atoms with E-state index in [4.69, 9.17) is 11.6 Å². The van der Waals surface area contributed by atoms with Gasteiger partial charge in [-0.3, -0.25) is 4.79 Å². The molecular weight excluding hydrogens is 346 g/mol. The summed E-state index contributed by atoms with van der Waals surface area (Å²) in [5, 5.41) is 2.97. The molecule has 0 aliphatic carbocycles. The van der Waals surface area contributed by atoms with Gasteiger partial charge < -0.3 is 5.32 Å². The average molecular weight is 359 g/mol. The Hall–Kier alpha value is -0.750. The van der Waals surface area contributed by atoms with Crippen LogP contribution in [0.15, 0.2) is 22.7 Å². The van der Waals surface area contributed by atoms with Gasteiger partial charge in [-0.15, -0.1) is 0 Å². The summed E-state index contributed by atoms with van der Waals surface area (Å²) < 4.78 is 36.3. The molecule has 2 nitrogen and oxygen atoms in total. The molecule has 0 aromatic heterocycles. The maximum absolute atomic E-state index is 11.9. The number of nitrogens with one attached hydrogen (secondary N) is 1. The van der Waals surface area contributed by atoms with Crippen LogP contribution in [0.1, 0.15) is 29.6 Å². The van der Waals surface area contributed by atoms with Gasteiger partial charge in [0.1, 0.15) is 0 Å². The Bertz CT molecular complexity index is 431. The van der Waals surface area contributed by atoms with Crippen LogP contribution in [0.5, 0.6) is 0 Å². The van der Waals surface area contributed by atoms with E-state index in [2.05, 4.69) is 21.2 Å². The van der Waals surface area contributed by atoms with Crippen molar-refractivity contribution < 1.29 is 18.0 Å². The first-order chi connectivity index (χ1) is 8.78. The van der Waals surface area contributed by atoms with E-state index >= 15 is 0 Å². The molecule has 0 bridgehead atoms. The molecule has 1 rings (SSSR count). The van der Waals surface area contributed by atoms with Gasteiger partial charge in [-0.05, 0) is 31.0 Å². The largest absolute Gasteiger partial charge is 0.389 e. The lowest BCUT2D eigenvalue weighted by Crippen LogP contribution is -2.24. The summed E-state index contributed by atoms with van der Waals surface area (Å²) in [6.07, 6.45) is -4.68. The molecule has 0 heterocycles. The van der Waals surface area contributed by atoms with Gasteiger partial charge >= 0.3 is 6.18 Å². The smallest absolute Gasteiger partial charge is 0.352 e. The van der Waals surface area contributed by atoms with Gasteiger partial charge in [-0.25, -0.2) is 0 Å². The minimum Gasteiger partial charge on any atom is -0.352 e. The Morgan fingerprint density at radius 3 is 2.53 bits per heavy atom. The van der Waals surface area contributed by atoms with Gasteiger partial charge in [0, 0.05) is 28.0 Å². The molecule has 1 aromatic carbocycles. The molecule has 106 valence electrons. The van der Waals surface area contributed by atoms with Crippen molar-refractivity contribution in [3.05, 3.63) is 33.3 Å². The summed E-state index contributed by atoms with van der Waals surface area (Å²) in [6, 6.07) is 4.73. The first-order valence-corrected chi connectivity index (χ1v) is 6.76.